The summed E-state index contributed by atoms with van der Waals surface area (Å²) in [5, 5.41) is 19.3. The topological polar surface area (TPSA) is 99.5 Å². The summed E-state index contributed by atoms with van der Waals surface area (Å²) in [4.78, 5) is 18.6. The number of Topliss-reactive ketones (excluding diaryl/α,β-unsaturated/α-hetero) is 1. The van der Waals surface area contributed by atoms with Crippen LogP contribution in [0, 0.1) is 23.2 Å². The minimum atomic E-state index is 0.0152. The average Bonchev–Trinajstić information content (AvgIpc) is 3.75. The van der Waals surface area contributed by atoms with Crippen LogP contribution in [0.3, 0.4) is 0 Å². The number of aliphatic hydroxyl groups excluding tert-OH is 1. The average molecular weight is 482 g/mol. The van der Waals surface area contributed by atoms with Crippen LogP contribution in [-0.2, 0) is 4.79 Å². The van der Waals surface area contributed by atoms with Gasteiger partial charge in [0.1, 0.15) is 0 Å². The molecule has 0 amide bonds. The molecular weight excluding hydrogens is 446 g/mol. The highest BCUT2D eigenvalue weighted by molar-refractivity contribution is 6.41. The van der Waals surface area contributed by atoms with Crippen LogP contribution < -0.4 is 5.73 Å². The van der Waals surface area contributed by atoms with Gasteiger partial charge in [-0.2, -0.15) is 5.26 Å². The second-order valence-corrected chi connectivity index (χ2v) is 10.6. The third-order valence-electron chi connectivity index (χ3n) is 8.10. The van der Waals surface area contributed by atoms with Crippen LogP contribution in [0.1, 0.15) is 86.0 Å². The molecule has 5 rings (SSSR count). The number of allylic oxidation sites excluding steroid dienone is 1. The smallest absolute Gasteiger partial charge is 0.177 e. The van der Waals surface area contributed by atoms with E-state index in [9.17, 15) is 15.2 Å². The van der Waals surface area contributed by atoms with Crippen molar-refractivity contribution in [3.8, 4) is 6.07 Å². The van der Waals surface area contributed by atoms with Crippen LogP contribution >= 0.6 is 0 Å². The third-order valence-corrected chi connectivity index (χ3v) is 8.10. The minimum Gasteiger partial charge on any atom is -0.396 e. The number of nitrogens with two attached hydrogens (primary N) is 1. The van der Waals surface area contributed by atoms with Gasteiger partial charge in [0.25, 0.3) is 0 Å². The Kier molecular flexibility index (Phi) is 7.46. The first-order valence-corrected chi connectivity index (χ1v) is 13.4. The van der Waals surface area contributed by atoms with Gasteiger partial charge in [0.2, 0.25) is 0 Å². The molecule has 2 aliphatic carbocycles. The SMILES string of the molecule is N#Cc1ccc(C2=C(\c3ccc(C4CC4)cc3)C(CCO)CCC(=O)/C(C3CCC(N)CC3)=N\2)cc1. The van der Waals surface area contributed by atoms with Gasteiger partial charge in [0, 0.05) is 30.6 Å². The normalized spacial score (nSPS) is 28.5. The zero-order valence-electron chi connectivity index (χ0n) is 20.8. The molecule has 1 atom stereocenters. The number of nitriles is 1. The van der Waals surface area contributed by atoms with E-state index in [1.807, 2.05) is 24.3 Å². The van der Waals surface area contributed by atoms with E-state index >= 15 is 0 Å². The van der Waals surface area contributed by atoms with Gasteiger partial charge in [0.05, 0.1) is 23.0 Å². The Labute approximate surface area is 213 Å². The Balaban J connectivity index is 1.69. The van der Waals surface area contributed by atoms with E-state index in [1.54, 1.807) is 0 Å². The monoisotopic (exact) mass is 481 g/mol. The lowest BCUT2D eigenvalue weighted by Gasteiger charge is -2.30. The number of aliphatic hydroxyl groups is 1. The third kappa shape index (κ3) is 5.36. The first-order valence-electron chi connectivity index (χ1n) is 13.4. The van der Waals surface area contributed by atoms with E-state index < -0.39 is 0 Å². The zero-order chi connectivity index (χ0) is 25.1. The number of benzene rings is 2. The maximum absolute atomic E-state index is 13.5. The lowest BCUT2D eigenvalue weighted by atomic mass is 9.78. The van der Waals surface area contributed by atoms with E-state index in [2.05, 4.69) is 30.3 Å². The highest BCUT2D eigenvalue weighted by Gasteiger charge is 2.32. The number of carbonyl (C=O) groups is 1. The van der Waals surface area contributed by atoms with Gasteiger partial charge in [-0.3, -0.25) is 4.79 Å². The first-order chi connectivity index (χ1) is 17.6. The number of hydrogen-bond donors (Lipinski definition) is 2. The Hall–Kier alpha value is -3.07. The molecule has 0 radical (unpaired) electrons. The molecule has 2 aromatic carbocycles. The van der Waals surface area contributed by atoms with Crippen LogP contribution in [0.5, 0.6) is 0 Å². The number of nitrogens with zero attached hydrogens (tertiary/aromatic N) is 2. The van der Waals surface area contributed by atoms with Gasteiger partial charge in [-0.05, 0) is 92.0 Å². The molecule has 2 fully saturated rings. The summed E-state index contributed by atoms with van der Waals surface area (Å²) < 4.78 is 0. The molecule has 2 aromatic rings. The van der Waals surface area contributed by atoms with Crippen molar-refractivity contribution in [1.82, 2.24) is 0 Å². The van der Waals surface area contributed by atoms with Crippen LogP contribution in [-0.4, -0.2) is 29.3 Å². The zero-order valence-corrected chi connectivity index (χ0v) is 20.8. The van der Waals surface area contributed by atoms with Crippen molar-refractivity contribution in [1.29, 1.82) is 5.26 Å². The molecule has 1 unspecified atom stereocenters. The molecule has 0 aromatic heterocycles. The summed E-state index contributed by atoms with van der Waals surface area (Å²) in [6.07, 6.45) is 7.82. The maximum Gasteiger partial charge on any atom is 0.177 e. The summed E-state index contributed by atoms with van der Waals surface area (Å²) in [5.41, 5.74) is 12.7. The Morgan fingerprint density at radius 3 is 2.14 bits per heavy atom. The number of hydrogen-bond acceptors (Lipinski definition) is 5. The molecular formula is C31H35N3O2. The molecule has 1 aliphatic heterocycles. The predicted molar refractivity (Wildman–Crippen MR) is 143 cm³/mol. The Morgan fingerprint density at radius 2 is 1.53 bits per heavy atom. The fourth-order valence-corrected chi connectivity index (χ4v) is 5.82. The maximum atomic E-state index is 13.5. The van der Waals surface area contributed by atoms with Crippen molar-refractivity contribution in [3.05, 3.63) is 70.8 Å². The predicted octanol–water partition coefficient (Wildman–Crippen LogP) is 5.62. The molecule has 5 nitrogen and oxygen atoms in total. The van der Waals surface area contributed by atoms with E-state index in [0.29, 0.717) is 36.5 Å². The lowest BCUT2D eigenvalue weighted by molar-refractivity contribution is -0.113. The van der Waals surface area contributed by atoms with Gasteiger partial charge in [-0.25, -0.2) is 4.99 Å². The van der Waals surface area contributed by atoms with Crippen LogP contribution in [0.25, 0.3) is 11.3 Å². The second kappa shape index (κ2) is 10.9. The molecule has 3 N–H and O–H groups in total. The highest BCUT2D eigenvalue weighted by atomic mass is 16.3. The van der Waals surface area contributed by atoms with Crippen LogP contribution in [0.4, 0.5) is 0 Å². The molecule has 186 valence electrons. The van der Waals surface area contributed by atoms with Crippen molar-refractivity contribution < 1.29 is 9.90 Å². The van der Waals surface area contributed by atoms with Gasteiger partial charge >= 0.3 is 0 Å². The van der Waals surface area contributed by atoms with E-state index in [0.717, 1.165) is 48.1 Å². The van der Waals surface area contributed by atoms with Crippen molar-refractivity contribution >= 4 is 22.8 Å². The summed E-state index contributed by atoms with van der Waals surface area (Å²) in [7, 11) is 0. The molecule has 3 aliphatic rings. The number of carbonyl (C=O) groups excluding carboxylic acids is 1. The first kappa shape index (κ1) is 24.6. The van der Waals surface area contributed by atoms with E-state index in [4.69, 9.17) is 10.7 Å². The Morgan fingerprint density at radius 1 is 0.889 bits per heavy atom. The quantitative estimate of drug-likeness (QED) is 0.559. The molecule has 5 heteroatoms. The van der Waals surface area contributed by atoms with Gasteiger partial charge < -0.3 is 10.8 Å². The number of aliphatic imine (C=N–C) groups is 1. The lowest BCUT2D eigenvalue weighted by Crippen LogP contribution is -2.33. The largest absolute Gasteiger partial charge is 0.396 e. The molecule has 0 spiro atoms. The fourth-order valence-electron chi connectivity index (χ4n) is 5.82. The summed E-state index contributed by atoms with van der Waals surface area (Å²) >= 11 is 0. The summed E-state index contributed by atoms with van der Waals surface area (Å²) in [5.74, 6) is 0.934. The Bertz CT molecular complexity index is 1190. The molecule has 0 bridgehead atoms. The van der Waals surface area contributed by atoms with Crippen molar-refractivity contribution in [2.45, 2.75) is 69.7 Å². The molecule has 2 saturated carbocycles. The second-order valence-electron chi connectivity index (χ2n) is 10.6. The van der Waals surface area contributed by atoms with Gasteiger partial charge in [0.15, 0.2) is 5.78 Å². The highest BCUT2D eigenvalue weighted by Crippen LogP contribution is 2.43. The summed E-state index contributed by atoms with van der Waals surface area (Å²) in [6.45, 7) is 0.0558. The van der Waals surface area contributed by atoms with Crippen molar-refractivity contribution in [2.75, 3.05) is 6.61 Å². The molecule has 36 heavy (non-hydrogen) atoms. The van der Waals surface area contributed by atoms with E-state index in [-0.39, 0.29) is 30.3 Å². The summed E-state index contributed by atoms with van der Waals surface area (Å²) in [6, 6.07) is 18.7. The van der Waals surface area contributed by atoms with Crippen molar-refractivity contribution in [2.24, 2.45) is 22.6 Å². The molecule has 0 saturated heterocycles. The molecule has 1 heterocycles. The number of rotatable bonds is 6. The van der Waals surface area contributed by atoms with E-state index in [1.165, 1.54) is 18.4 Å². The van der Waals surface area contributed by atoms with Crippen molar-refractivity contribution in [3.63, 3.8) is 0 Å². The number of ketones is 1. The van der Waals surface area contributed by atoms with Gasteiger partial charge in [-0.1, -0.05) is 36.4 Å². The fraction of sp³-hybridized carbons (Fsp3) is 0.452. The van der Waals surface area contributed by atoms with Gasteiger partial charge in [-0.15, -0.1) is 0 Å². The minimum absolute atomic E-state index is 0.0152. The van der Waals surface area contributed by atoms with Crippen LogP contribution in [0.15, 0.2) is 53.5 Å². The van der Waals surface area contributed by atoms with Crippen LogP contribution in [0.2, 0.25) is 0 Å². The standard InChI is InChI=1S/C31H35N3O2/c32-19-20-1-3-26(4-2-20)31-29(23-9-7-22(8-10-23)21-5-6-21)24(17-18-35)13-16-28(36)30(34-31)25-11-14-27(33)15-12-25/h1-4,7-10,21,24-25,27,35H,5-6,11-18,33H2/b31-29-,34-30-.